The topological polar surface area (TPSA) is 35.2 Å². The average Bonchev–Trinajstić information content (AvgIpc) is 2.30. The van der Waals surface area contributed by atoms with Crippen molar-refractivity contribution in [2.75, 3.05) is 5.73 Å². The third-order valence-corrected chi connectivity index (χ3v) is 3.11. The van der Waals surface area contributed by atoms with Crippen LogP contribution in [0.3, 0.4) is 0 Å². The maximum atomic E-state index is 5.87. The average molecular weight is 292 g/mol. The van der Waals surface area contributed by atoms with Crippen LogP contribution in [0.25, 0.3) is 0 Å². The number of nitrogen functional groups attached to an aromatic ring is 1. The van der Waals surface area contributed by atoms with Crippen LogP contribution in [0, 0.1) is 6.92 Å². The van der Waals surface area contributed by atoms with Gasteiger partial charge in [-0.15, -0.1) is 0 Å². The van der Waals surface area contributed by atoms with Gasteiger partial charge in [0.2, 0.25) is 0 Å². The Bertz CT molecular complexity index is 525. The van der Waals surface area contributed by atoms with Crippen LogP contribution in [0.15, 0.2) is 46.9 Å². The number of ether oxygens (including phenoxy) is 1. The molecule has 0 bridgehead atoms. The van der Waals surface area contributed by atoms with Gasteiger partial charge in [0.1, 0.15) is 12.4 Å². The minimum atomic E-state index is 0.540. The molecule has 0 heterocycles. The summed E-state index contributed by atoms with van der Waals surface area (Å²) in [5.74, 6) is 0.719. The van der Waals surface area contributed by atoms with Crippen molar-refractivity contribution in [2.45, 2.75) is 13.5 Å². The molecule has 0 aliphatic rings. The quantitative estimate of drug-likeness (QED) is 0.870. The Balaban J connectivity index is 2.10. The van der Waals surface area contributed by atoms with Crippen molar-refractivity contribution in [3.63, 3.8) is 0 Å². The Hall–Kier alpha value is -1.48. The van der Waals surface area contributed by atoms with Gasteiger partial charge in [0.15, 0.2) is 0 Å². The van der Waals surface area contributed by atoms with E-state index in [4.69, 9.17) is 10.5 Å². The summed E-state index contributed by atoms with van der Waals surface area (Å²) in [5, 5.41) is 0. The number of benzene rings is 2. The summed E-state index contributed by atoms with van der Waals surface area (Å²) in [6.07, 6.45) is 0. The molecule has 0 aliphatic heterocycles. The van der Waals surface area contributed by atoms with Crippen molar-refractivity contribution in [3.05, 3.63) is 58.1 Å². The van der Waals surface area contributed by atoms with E-state index >= 15 is 0 Å². The van der Waals surface area contributed by atoms with E-state index in [0.29, 0.717) is 12.3 Å². The van der Waals surface area contributed by atoms with Gasteiger partial charge in [0.25, 0.3) is 0 Å². The zero-order valence-corrected chi connectivity index (χ0v) is 11.2. The predicted octanol–water partition coefficient (Wildman–Crippen LogP) is 3.92. The first kappa shape index (κ1) is 12.0. The van der Waals surface area contributed by atoms with Crippen molar-refractivity contribution in [1.29, 1.82) is 0 Å². The van der Waals surface area contributed by atoms with Crippen molar-refractivity contribution < 1.29 is 4.74 Å². The lowest BCUT2D eigenvalue weighted by molar-refractivity contribution is 0.307. The van der Waals surface area contributed by atoms with Crippen LogP contribution in [0.4, 0.5) is 5.69 Å². The van der Waals surface area contributed by atoms with Crippen LogP contribution in [0.1, 0.15) is 11.1 Å². The number of hydrogen-bond acceptors (Lipinski definition) is 2. The zero-order chi connectivity index (χ0) is 12.3. The van der Waals surface area contributed by atoms with Crippen LogP contribution in [0.2, 0.25) is 0 Å². The molecule has 2 nitrogen and oxygen atoms in total. The summed E-state index contributed by atoms with van der Waals surface area (Å²) in [7, 11) is 0. The number of nitrogens with two attached hydrogens (primary N) is 1. The van der Waals surface area contributed by atoms with Crippen molar-refractivity contribution in [3.8, 4) is 5.75 Å². The molecule has 3 heteroatoms. The highest BCUT2D eigenvalue weighted by Crippen LogP contribution is 2.26. The molecule has 2 aromatic rings. The first-order chi connectivity index (χ1) is 8.16. The van der Waals surface area contributed by atoms with Crippen molar-refractivity contribution in [2.24, 2.45) is 0 Å². The summed E-state index contributed by atoms with van der Waals surface area (Å²) in [6.45, 7) is 2.61. The lowest BCUT2D eigenvalue weighted by atomic mass is 10.1. The Kier molecular flexibility index (Phi) is 3.69. The van der Waals surface area contributed by atoms with Crippen LogP contribution in [-0.4, -0.2) is 0 Å². The number of hydrogen-bond donors (Lipinski definition) is 1. The summed E-state index contributed by atoms with van der Waals surface area (Å²) in [5.41, 5.74) is 8.92. The molecule has 0 unspecified atom stereocenters. The first-order valence-corrected chi connectivity index (χ1v) is 6.18. The number of aryl methyl sites for hydroxylation is 1. The van der Waals surface area contributed by atoms with Gasteiger partial charge in [-0.3, -0.25) is 0 Å². The molecule has 0 fully saturated rings. The van der Waals surface area contributed by atoms with Crippen molar-refractivity contribution >= 4 is 21.6 Å². The molecule has 2 aromatic carbocycles. The van der Waals surface area contributed by atoms with Gasteiger partial charge >= 0.3 is 0 Å². The Labute approximate surface area is 110 Å². The van der Waals surface area contributed by atoms with Gasteiger partial charge in [-0.1, -0.05) is 40.2 Å². The van der Waals surface area contributed by atoms with E-state index in [2.05, 4.69) is 35.0 Å². The van der Waals surface area contributed by atoms with E-state index in [-0.39, 0.29) is 0 Å². The van der Waals surface area contributed by atoms with Gasteiger partial charge in [-0.05, 0) is 36.2 Å². The molecule has 2 rings (SSSR count). The SMILES string of the molecule is Cc1ccccc1COc1ccc(Br)cc1N. The van der Waals surface area contributed by atoms with E-state index in [0.717, 1.165) is 10.2 Å². The molecular weight excluding hydrogens is 278 g/mol. The van der Waals surface area contributed by atoms with Crippen molar-refractivity contribution in [1.82, 2.24) is 0 Å². The van der Waals surface area contributed by atoms with E-state index in [1.807, 2.05) is 30.3 Å². The number of anilines is 1. The Morgan fingerprint density at radius 2 is 1.94 bits per heavy atom. The maximum Gasteiger partial charge on any atom is 0.142 e. The monoisotopic (exact) mass is 291 g/mol. The zero-order valence-electron chi connectivity index (χ0n) is 9.61. The van der Waals surface area contributed by atoms with Gasteiger partial charge in [0.05, 0.1) is 5.69 Å². The molecular formula is C14H14BrNO. The first-order valence-electron chi connectivity index (χ1n) is 5.39. The molecule has 0 saturated carbocycles. The minimum Gasteiger partial charge on any atom is -0.487 e. The second-order valence-corrected chi connectivity index (χ2v) is 4.81. The Morgan fingerprint density at radius 3 is 2.65 bits per heavy atom. The van der Waals surface area contributed by atoms with Crippen LogP contribution >= 0.6 is 15.9 Å². The normalized spacial score (nSPS) is 10.2. The highest BCUT2D eigenvalue weighted by Gasteiger charge is 2.02. The van der Waals surface area contributed by atoms with Gasteiger partial charge in [-0.25, -0.2) is 0 Å². The molecule has 0 aromatic heterocycles. The standard InChI is InChI=1S/C14H14BrNO/c1-10-4-2-3-5-11(10)9-17-14-7-6-12(15)8-13(14)16/h2-8H,9,16H2,1H3. The third-order valence-electron chi connectivity index (χ3n) is 2.62. The summed E-state index contributed by atoms with van der Waals surface area (Å²) < 4.78 is 6.67. The lowest BCUT2D eigenvalue weighted by Crippen LogP contribution is -2.00. The molecule has 0 atom stereocenters. The van der Waals surface area contributed by atoms with Gasteiger partial charge in [-0.2, -0.15) is 0 Å². The molecule has 0 radical (unpaired) electrons. The van der Waals surface area contributed by atoms with E-state index < -0.39 is 0 Å². The fraction of sp³-hybridized carbons (Fsp3) is 0.143. The van der Waals surface area contributed by atoms with Crippen LogP contribution in [-0.2, 0) is 6.61 Å². The smallest absolute Gasteiger partial charge is 0.142 e. The largest absolute Gasteiger partial charge is 0.487 e. The molecule has 2 N–H and O–H groups in total. The number of halogens is 1. The Morgan fingerprint density at radius 1 is 1.18 bits per heavy atom. The predicted molar refractivity (Wildman–Crippen MR) is 74.1 cm³/mol. The molecule has 17 heavy (non-hydrogen) atoms. The van der Waals surface area contributed by atoms with E-state index in [9.17, 15) is 0 Å². The molecule has 0 aliphatic carbocycles. The van der Waals surface area contributed by atoms with E-state index in [1.54, 1.807) is 0 Å². The van der Waals surface area contributed by atoms with Gasteiger partial charge < -0.3 is 10.5 Å². The second-order valence-electron chi connectivity index (χ2n) is 3.90. The molecule has 0 saturated heterocycles. The molecule has 0 amide bonds. The highest BCUT2D eigenvalue weighted by molar-refractivity contribution is 9.10. The third kappa shape index (κ3) is 3.01. The van der Waals surface area contributed by atoms with E-state index in [1.165, 1.54) is 11.1 Å². The summed E-state index contributed by atoms with van der Waals surface area (Å²) in [6, 6.07) is 13.8. The minimum absolute atomic E-state index is 0.540. The lowest BCUT2D eigenvalue weighted by Gasteiger charge is -2.10. The fourth-order valence-electron chi connectivity index (χ4n) is 1.58. The van der Waals surface area contributed by atoms with Crippen LogP contribution in [0.5, 0.6) is 5.75 Å². The number of rotatable bonds is 3. The summed E-state index contributed by atoms with van der Waals surface area (Å²) in [4.78, 5) is 0. The van der Waals surface area contributed by atoms with Crippen LogP contribution < -0.4 is 10.5 Å². The van der Waals surface area contributed by atoms with Gasteiger partial charge in [0, 0.05) is 4.47 Å². The molecule has 0 spiro atoms. The fourth-order valence-corrected chi connectivity index (χ4v) is 1.96. The molecule has 88 valence electrons. The highest BCUT2D eigenvalue weighted by atomic mass is 79.9. The summed E-state index contributed by atoms with van der Waals surface area (Å²) >= 11 is 3.37. The maximum absolute atomic E-state index is 5.87. The second kappa shape index (κ2) is 5.23.